The normalized spacial score (nSPS) is 13.3. The van der Waals surface area contributed by atoms with E-state index in [2.05, 4.69) is 11.0 Å². The van der Waals surface area contributed by atoms with E-state index >= 15 is 0 Å². The third kappa shape index (κ3) is 2.25. The number of carbonyl (C=O) groups is 1. The first-order valence-corrected chi connectivity index (χ1v) is 6.50. The molecular formula is C16H14FNO2. The molecule has 0 aliphatic carbocycles. The summed E-state index contributed by atoms with van der Waals surface area (Å²) in [5.74, 6) is -1.57. The van der Waals surface area contributed by atoms with Crippen molar-refractivity contribution in [3.8, 4) is 0 Å². The van der Waals surface area contributed by atoms with Crippen LogP contribution in [0, 0.1) is 5.82 Å². The van der Waals surface area contributed by atoms with Crippen molar-refractivity contribution in [2.45, 2.75) is 13.0 Å². The van der Waals surface area contributed by atoms with Gasteiger partial charge in [-0.05, 0) is 30.2 Å². The lowest BCUT2D eigenvalue weighted by Crippen LogP contribution is -2.20. The van der Waals surface area contributed by atoms with Gasteiger partial charge in [0.25, 0.3) is 0 Å². The topological polar surface area (TPSA) is 40.5 Å². The molecule has 2 aromatic rings. The minimum atomic E-state index is -1.11. The van der Waals surface area contributed by atoms with Crippen LogP contribution in [0.1, 0.15) is 21.5 Å². The van der Waals surface area contributed by atoms with Crippen molar-refractivity contribution in [2.24, 2.45) is 0 Å². The molecule has 0 unspecified atom stereocenters. The van der Waals surface area contributed by atoms with E-state index in [9.17, 15) is 9.18 Å². The average molecular weight is 271 g/mol. The number of fused-ring (bicyclic) bond motifs is 1. The van der Waals surface area contributed by atoms with Gasteiger partial charge in [0, 0.05) is 24.3 Å². The van der Waals surface area contributed by atoms with Crippen LogP contribution in [0.5, 0.6) is 0 Å². The van der Waals surface area contributed by atoms with Crippen LogP contribution in [0.2, 0.25) is 0 Å². The van der Waals surface area contributed by atoms with E-state index in [0.29, 0.717) is 12.1 Å². The molecule has 2 aromatic carbocycles. The summed E-state index contributed by atoms with van der Waals surface area (Å²) < 4.78 is 13.9. The Bertz CT molecular complexity index is 669. The Kier molecular flexibility index (Phi) is 3.14. The standard InChI is InChI=1S/C16H14FNO2/c17-14-9-12(16(19)20)5-6-13(14)10-18-8-7-11-3-1-2-4-15(11)18/h1-6,9H,7-8,10H2,(H,19,20). The van der Waals surface area contributed by atoms with Gasteiger partial charge in [-0.25, -0.2) is 9.18 Å². The van der Waals surface area contributed by atoms with Crippen LogP contribution in [0.3, 0.4) is 0 Å². The third-order valence-corrected chi connectivity index (χ3v) is 3.64. The van der Waals surface area contributed by atoms with Crippen molar-refractivity contribution in [3.63, 3.8) is 0 Å². The fraction of sp³-hybridized carbons (Fsp3) is 0.188. The van der Waals surface area contributed by atoms with Crippen LogP contribution in [0.25, 0.3) is 0 Å². The van der Waals surface area contributed by atoms with E-state index in [1.807, 2.05) is 18.2 Å². The second kappa shape index (κ2) is 4.96. The summed E-state index contributed by atoms with van der Waals surface area (Å²) in [5, 5.41) is 8.84. The molecule has 3 rings (SSSR count). The summed E-state index contributed by atoms with van der Waals surface area (Å²) in [4.78, 5) is 12.9. The molecule has 0 fully saturated rings. The highest BCUT2D eigenvalue weighted by Gasteiger charge is 2.19. The fourth-order valence-corrected chi connectivity index (χ4v) is 2.59. The number of aromatic carboxylic acids is 1. The molecule has 1 aliphatic rings. The number of carboxylic acids is 1. The van der Waals surface area contributed by atoms with Crippen molar-refractivity contribution >= 4 is 11.7 Å². The molecule has 0 amide bonds. The quantitative estimate of drug-likeness (QED) is 0.932. The lowest BCUT2D eigenvalue weighted by Gasteiger charge is -2.19. The molecule has 102 valence electrons. The first-order chi connectivity index (χ1) is 9.65. The van der Waals surface area contributed by atoms with E-state index < -0.39 is 11.8 Å². The summed E-state index contributed by atoms with van der Waals surface area (Å²) >= 11 is 0. The second-order valence-electron chi connectivity index (χ2n) is 4.91. The second-order valence-corrected chi connectivity index (χ2v) is 4.91. The van der Waals surface area contributed by atoms with Crippen molar-refractivity contribution in [2.75, 3.05) is 11.4 Å². The Morgan fingerprint density at radius 3 is 2.80 bits per heavy atom. The minimum absolute atomic E-state index is 0.0203. The highest BCUT2D eigenvalue weighted by molar-refractivity contribution is 5.87. The predicted molar refractivity (Wildman–Crippen MR) is 74.6 cm³/mol. The van der Waals surface area contributed by atoms with Gasteiger partial charge in [-0.2, -0.15) is 0 Å². The number of para-hydroxylation sites is 1. The molecule has 0 saturated carbocycles. The molecule has 0 aromatic heterocycles. The first-order valence-electron chi connectivity index (χ1n) is 6.50. The molecule has 20 heavy (non-hydrogen) atoms. The van der Waals surface area contributed by atoms with Gasteiger partial charge in [0.05, 0.1) is 5.56 Å². The van der Waals surface area contributed by atoms with E-state index in [-0.39, 0.29) is 5.56 Å². The van der Waals surface area contributed by atoms with Gasteiger partial charge in [-0.15, -0.1) is 0 Å². The SMILES string of the molecule is O=C(O)c1ccc(CN2CCc3ccccc32)c(F)c1. The number of halogens is 1. The Labute approximate surface area is 116 Å². The number of benzene rings is 2. The summed E-state index contributed by atoms with van der Waals surface area (Å²) in [6.07, 6.45) is 0.963. The summed E-state index contributed by atoms with van der Waals surface area (Å²) in [6.45, 7) is 1.32. The average Bonchev–Trinajstić information content (AvgIpc) is 2.84. The molecule has 0 radical (unpaired) electrons. The summed E-state index contributed by atoms with van der Waals surface area (Å²) in [5.41, 5.74) is 2.91. The molecule has 1 heterocycles. The van der Waals surface area contributed by atoms with Crippen molar-refractivity contribution in [3.05, 3.63) is 65.0 Å². The van der Waals surface area contributed by atoms with Gasteiger partial charge in [-0.3, -0.25) is 0 Å². The van der Waals surface area contributed by atoms with Crippen LogP contribution in [-0.2, 0) is 13.0 Å². The zero-order valence-corrected chi connectivity index (χ0v) is 10.8. The number of nitrogens with zero attached hydrogens (tertiary/aromatic N) is 1. The highest BCUT2D eigenvalue weighted by atomic mass is 19.1. The maximum Gasteiger partial charge on any atom is 0.335 e. The fourth-order valence-electron chi connectivity index (χ4n) is 2.59. The van der Waals surface area contributed by atoms with E-state index in [1.165, 1.54) is 11.6 Å². The highest BCUT2D eigenvalue weighted by Crippen LogP contribution is 2.29. The predicted octanol–water partition coefficient (Wildman–Crippen LogP) is 3.09. The molecule has 3 nitrogen and oxygen atoms in total. The molecular weight excluding hydrogens is 257 g/mol. The Morgan fingerprint density at radius 1 is 1.25 bits per heavy atom. The Hall–Kier alpha value is -2.36. The van der Waals surface area contributed by atoms with Gasteiger partial charge < -0.3 is 10.0 Å². The van der Waals surface area contributed by atoms with Crippen LogP contribution in [0.4, 0.5) is 10.1 Å². The van der Waals surface area contributed by atoms with E-state index in [4.69, 9.17) is 5.11 Å². The molecule has 1 N–H and O–H groups in total. The zero-order chi connectivity index (χ0) is 14.1. The molecule has 0 spiro atoms. The first kappa shape index (κ1) is 12.7. The number of rotatable bonds is 3. The van der Waals surface area contributed by atoms with Gasteiger partial charge in [0.2, 0.25) is 0 Å². The lowest BCUT2D eigenvalue weighted by molar-refractivity contribution is 0.0696. The maximum atomic E-state index is 13.9. The van der Waals surface area contributed by atoms with Gasteiger partial charge in [0.1, 0.15) is 5.82 Å². The van der Waals surface area contributed by atoms with Crippen LogP contribution < -0.4 is 4.90 Å². The number of hydrogen-bond donors (Lipinski definition) is 1. The maximum absolute atomic E-state index is 13.9. The van der Waals surface area contributed by atoms with Crippen molar-refractivity contribution < 1.29 is 14.3 Å². The summed E-state index contributed by atoms with van der Waals surface area (Å²) in [6, 6.07) is 12.2. The lowest BCUT2D eigenvalue weighted by atomic mass is 10.1. The molecule has 0 saturated heterocycles. The van der Waals surface area contributed by atoms with Gasteiger partial charge in [0.15, 0.2) is 0 Å². The molecule has 1 aliphatic heterocycles. The van der Waals surface area contributed by atoms with Crippen LogP contribution in [0.15, 0.2) is 42.5 Å². The van der Waals surface area contributed by atoms with E-state index in [1.54, 1.807) is 6.07 Å². The number of carboxylic acid groups (broad SMARTS) is 1. The smallest absolute Gasteiger partial charge is 0.335 e. The summed E-state index contributed by atoms with van der Waals surface area (Å²) in [7, 11) is 0. The molecule has 0 atom stereocenters. The number of anilines is 1. The van der Waals surface area contributed by atoms with E-state index in [0.717, 1.165) is 24.7 Å². The Morgan fingerprint density at radius 2 is 2.05 bits per heavy atom. The van der Waals surface area contributed by atoms with Crippen molar-refractivity contribution in [1.82, 2.24) is 0 Å². The van der Waals surface area contributed by atoms with Gasteiger partial charge in [-0.1, -0.05) is 24.3 Å². The molecule has 0 bridgehead atoms. The van der Waals surface area contributed by atoms with Crippen LogP contribution >= 0.6 is 0 Å². The molecule has 4 heteroatoms. The minimum Gasteiger partial charge on any atom is -0.478 e. The third-order valence-electron chi connectivity index (χ3n) is 3.64. The van der Waals surface area contributed by atoms with Crippen molar-refractivity contribution in [1.29, 1.82) is 0 Å². The Balaban J connectivity index is 1.84. The van der Waals surface area contributed by atoms with Gasteiger partial charge >= 0.3 is 5.97 Å². The zero-order valence-electron chi connectivity index (χ0n) is 10.8. The monoisotopic (exact) mass is 271 g/mol. The number of hydrogen-bond acceptors (Lipinski definition) is 2. The van der Waals surface area contributed by atoms with Crippen LogP contribution in [-0.4, -0.2) is 17.6 Å². The largest absolute Gasteiger partial charge is 0.478 e.